The minimum atomic E-state index is -0.576. The molecule has 0 unspecified atom stereocenters. The van der Waals surface area contributed by atoms with E-state index in [1.807, 2.05) is 30.3 Å². The molecule has 2 aromatic carbocycles. The molecule has 0 saturated heterocycles. The Hall–Kier alpha value is -4.38. The maximum atomic E-state index is 12.5. The number of carbonyl (C=O) groups excluding carboxylic acids is 1. The number of hydrazone groups is 1. The van der Waals surface area contributed by atoms with Crippen molar-refractivity contribution in [1.29, 1.82) is 0 Å². The molecule has 4 aromatic rings. The van der Waals surface area contributed by atoms with Crippen molar-refractivity contribution in [3.8, 4) is 16.9 Å². The second-order valence-electron chi connectivity index (χ2n) is 6.57. The quantitative estimate of drug-likeness (QED) is 0.262. The molecule has 32 heavy (non-hydrogen) atoms. The number of benzene rings is 2. The highest BCUT2D eigenvalue weighted by atomic mass is 35.5. The highest BCUT2D eigenvalue weighted by molar-refractivity contribution is 6.32. The van der Waals surface area contributed by atoms with Crippen LogP contribution in [0.4, 0.5) is 5.69 Å². The third-order valence-electron chi connectivity index (χ3n) is 4.58. The van der Waals surface area contributed by atoms with Crippen LogP contribution >= 0.6 is 11.6 Å². The average Bonchev–Trinajstić information content (AvgIpc) is 3.37. The van der Waals surface area contributed by atoms with Crippen molar-refractivity contribution < 1.29 is 9.72 Å². The van der Waals surface area contributed by atoms with Gasteiger partial charge in [0.2, 0.25) is 0 Å². The molecule has 0 fully saturated rings. The van der Waals surface area contributed by atoms with E-state index in [-0.39, 0.29) is 16.5 Å². The van der Waals surface area contributed by atoms with E-state index in [4.69, 9.17) is 11.6 Å². The first-order valence-electron chi connectivity index (χ1n) is 9.25. The van der Waals surface area contributed by atoms with Gasteiger partial charge in [0, 0.05) is 17.7 Å². The first-order valence-corrected chi connectivity index (χ1v) is 9.63. The van der Waals surface area contributed by atoms with Crippen LogP contribution in [0.2, 0.25) is 5.15 Å². The lowest BCUT2D eigenvalue weighted by atomic mass is 10.1. The van der Waals surface area contributed by atoms with Gasteiger partial charge in [-0.1, -0.05) is 47.1 Å². The molecule has 0 aliphatic carbocycles. The number of non-ortho nitro benzene ring substituents is 1. The smallest absolute Gasteiger partial charge is 0.266 e. The molecule has 0 radical (unpaired) electrons. The maximum absolute atomic E-state index is 12.5. The molecular weight excluding hydrogens is 436 g/mol. The zero-order valence-corrected chi connectivity index (χ0v) is 17.3. The summed E-state index contributed by atoms with van der Waals surface area (Å²) in [6.45, 7) is 1.65. The van der Waals surface area contributed by atoms with Gasteiger partial charge in [-0.15, -0.1) is 5.10 Å². The van der Waals surface area contributed by atoms with Crippen molar-refractivity contribution in [3.05, 3.63) is 86.8 Å². The molecule has 0 aliphatic heterocycles. The first-order chi connectivity index (χ1) is 15.5. The number of H-pyrrole nitrogens is 1. The van der Waals surface area contributed by atoms with Crippen molar-refractivity contribution in [3.63, 3.8) is 0 Å². The molecular formula is C20H15ClN8O3. The number of aromatic amines is 1. The topological polar surface area (TPSA) is 144 Å². The summed E-state index contributed by atoms with van der Waals surface area (Å²) in [5, 5.41) is 29.8. The van der Waals surface area contributed by atoms with Crippen LogP contribution < -0.4 is 5.43 Å². The van der Waals surface area contributed by atoms with Gasteiger partial charge in [0.15, 0.2) is 5.69 Å². The molecule has 2 N–H and O–H groups in total. The Morgan fingerprint density at radius 3 is 2.62 bits per heavy atom. The number of nitro benzene ring substituents is 1. The zero-order chi connectivity index (χ0) is 22.7. The van der Waals surface area contributed by atoms with E-state index in [0.29, 0.717) is 22.6 Å². The number of halogens is 1. The summed E-state index contributed by atoms with van der Waals surface area (Å²) in [7, 11) is 0. The second kappa shape index (κ2) is 8.78. The number of carbonyl (C=O) groups is 1. The van der Waals surface area contributed by atoms with Gasteiger partial charge >= 0.3 is 0 Å². The number of amides is 1. The molecule has 12 heteroatoms. The van der Waals surface area contributed by atoms with E-state index in [9.17, 15) is 14.9 Å². The molecule has 0 atom stereocenters. The zero-order valence-electron chi connectivity index (χ0n) is 16.6. The SMILES string of the molecule is Cc1c(C(=O)N/N=C/c2c(-c3ccccc3)n[nH]c2Cl)nnn1-c1ccc([N+](=O)[O-])cc1. The molecule has 0 bridgehead atoms. The van der Waals surface area contributed by atoms with Crippen molar-refractivity contribution in [1.82, 2.24) is 30.6 Å². The Balaban J connectivity index is 1.51. The molecule has 0 aliphatic rings. The Morgan fingerprint density at radius 1 is 1.22 bits per heavy atom. The normalized spacial score (nSPS) is 11.1. The number of nitro groups is 1. The summed E-state index contributed by atoms with van der Waals surface area (Å²) in [6, 6.07) is 15.1. The summed E-state index contributed by atoms with van der Waals surface area (Å²) < 4.78 is 1.41. The van der Waals surface area contributed by atoms with Crippen LogP contribution in [-0.4, -0.2) is 42.2 Å². The van der Waals surface area contributed by atoms with E-state index in [2.05, 4.69) is 31.0 Å². The van der Waals surface area contributed by atoms with Gasteiger partial charge in [0.25, 0.3) is 11.6 Å². The Labute approximate surface area is 185 Å². The van der Waals surface area contributed by atoms with Crippen LogP contribution in [0.3, 0.4) is 0 Å². The lowest BCUT2D eigenvalue weighted by Gasteiger charge is -2.03. The van der Waals surface area contributed by atoms with E-state index < -0.39 is 10.8 Å². The van der Waals surface area contributed by atoms with Crippen molar-refractivity contribution >= 4 is 29.4 Å². The van der Waals surface area contributed by atoms with Gasteiger partial charge in [-0.05, 0) is 19.1 Å². The third-order valence-corrected chi connectivity index (χ3v) is 4.87. The summed E-state index contributed by atoms with van der Waals surface area (Å²) in [6.07, 6.45) is 1.39. The van der Waals surface area contributed by atoms with Crippen molar-refractivity contribution in [2.45, 2.75) is 6.92 Å². The van der Waals surface area contributed by atoms with Crippen LogP contribution in [0.5, 0.6) is 0 Å². The molecule has 2 aromatic heterocycles. The molecule has 0 saturated carbocycles. The van der Waals surface area contributed by atoms with E-state index in [0.717, 1.165) is 5.56 Å². The number of nitrogens with one attached hydrogen (secondary N) is 2. The molecule has 0 spiro atoms. The van der Waals surface area contributed by atoms with E-state index in [1.165, 1.54) is 35.2 Å². The fourth-order valence-corrected chi connectivity index (χ4v) is 3.15. The Bertz CT molecular complexity index is 1310. The van der Waals surface area contributed by atoms with Gasteiger partial charge in [0.1, 0.15) is 10.8 Å². The molecule has 1 amide bonds. The van der Waals surface area contributed by atoms with Crippen molar-refractivity contribution in [2.75, 3.05) is 0 Å². The summed E-state index contributed by atoms with van der Waals surface area (Å²) in [4.78, 5) is 22.8. The van der Waals surface area contributed by atoms with Crippen LogP contribution in [0.15, 0.2) is 59.7 Å². The highest BCUT2D eigenvalue weighted by Crippen LogP contribution is 2.24. The van der Waals surface area contributed by atoms with E-state index >= 15 is 0 Å². The van der Waals surface area contributed by atoms with Gasteiger partial charge in [-0.2, -0.15) is 10.2 Å². The average molecular weight is 451 g/mol. The Morgan fingerprint density at radius 2 is 1.94 bits per heavy atom. The predicted octanol–water partition coefficient (Wildman–Crippen LogP) is 3.29. The number of rotatable bonds is 6. The van der Waals surface area contributed by atoms with Gasteiger partial charge in [-0.3, -0.25) is 20.0 Å². The number of nitrogens with zero attached hydrogens (tertiary/aromatic N) is 6. The van der Waals surface area contributed by atoms with E-state index in [1.54, 1.807) is 6.92 Å². The summed E-state index contributed by atoms with van der Waals surface area (Å²) >= 11 is 6.16. The van der Waals surface area contributed by atoms with Crippen molar-refractivity contribution in [2.24, 2.45) is 5.10 Å². The van der Waals surface area contributed by atoms with Crippen LogP contribution in [0, 0.1) is 17.0 Å². The number of aromatic nitrogens is 5. The van der Waals surface area contributed by atoms with Crippen LogP contribution in [0.25, 0.3) is 16.9 Å². The van der Waals surface area contributed by atoms with Gasteiger partial charge < -0.3 is 0 Å². The van der Waals surface area contributed by atoms with Crippen LogP contribution in [0.1, 0.15) is 21.7 Å². The van der Waals surface area contributed by atoms with Gasteiger partial charge in [0.05, 0.1) is 28.1 Å². The fourth-order valence-electron chi connectivity index (χ4n) is 2.97. The highest BCUT2D eigenvalue weighted by Gasteiger charge is 2.18. The standard InChI is InChI=1S/C20H15ClN8O3/c1-12-17(24-27-28(12)14-7-9-15(10-8-14)29(31)32)20(30)26-22-11-16-18(23-25-19(16)21)13-5-3-2-4-6-13/h2-11H,1H3,(H,23,25)(H,26,30)/b22-11+. The van der Waals surface area contributed by atoms with Crippen LogP contribution in [-0.2, 0) is 0 Å². The lowest BCUT2D eigenvalue weighted by molar-refractivity contribution is -0.384. The Kier molecular flexibility index (Phi) is 5.73. The third kappa shape index (κ3) is 4.09. The maximum Gasteiger partial charge on any atom is 0.293 e. The summed E-state index contributed by atoms with van der Waals surface area (Å²) in [5.41, 5.74) is 5.32. The largest absolute Gasteiger partial charge is 0.293 e. The number of hydrogen-bond acceptors (Lipinski definition) is 7. The predicted molar refractivity (Wildman–Crippen MR) is 117 cm³/mol. The molecule has 4 rings (SSSR count). The summed E-state index contributed by atoms with van der Waals surface area (Å²) in [5.74, 6) is -0.576. The lowest BCUT2D eigenvalue weighted by Crippen LogP contribution is -2.19. The minimum Gasteiger partial charge on any atom is -0.266 e. The molecule has 160 valence electrons. The fraction of sp³-hybridized carbons (Fsp3) is 0.0500. The molecule has 11 nitrogen and oxygen atoms in total. The second-order valence-corrected chi connectivity index (χ2v) is 6.95. The molecule has 2 heterocycles. The first kappa shape index (κ1) is 20.9. The monoisotopic (exact) mass is 450 g/mol. The number of hydrogen-bond donors (Lipinski definition) is 2. The minimum absolute atomic E-state index is 0.0494. The van der Waals surface area contributed by atoms with Gasteiger partial charge in [-0.25, -0.2) is 10.1 Å².